The summed E-state index contributed by atoms with van der Waals surface area (Å²) in [7, 11) is 0. The second kappa shape index (κ2) is 8.05. The molecule has 162 valence electrons. The van der Waals surface area contributed by atoms with Crippen LogP contribution in [0.5, 0.6) is 0 Å². The summed E-state index contributed by atoms with van der Waals surface area (Å²) in [5.74, 6) is 0.104. The molecule has 0 bridgehead atoms. The Balaban J connectivity index is 1.22. The number of carbonyl (C=O) groups is 1. The number of rotatable bonds is 6. The molecule has 1 amide bonds. The molecule has 1 saturated carbocycles. The van der Waals surface area contributed by atoms with E-state index >= 15 is 0 Å². The third-order valence-electron chi connectivity index (χ3n) is 6.56. The number of carbonyl (C=O) groups excluding carboxylic acids is 1. The molecule has 2 aromatic rings. The van der Waals surface area contributed by atoms with Crippen molar-refractivity contribution in [3.05, 3.63) is 60.6 Å². The Morgan fingerprint density at radius 1 is 1.32 bits per heavy atom. The molecule has 7 heteroatoms. The van der Waals surface area contributed by atoms with E-state index in [0.29, 0.717) is 19.4 Å². The number of fused-ring (bicyclic) bond motifs is 1. The summed E-state index contributed by atoms with van der Waals surface area (Å²) in [5, 5.41) is 4.33. The largest absolute Gasteiger partial charge is 0.373 e. The summed E-state index contributed by atoms with van der Waals surface area (Å²) in [6, 6.07) is 10.0. The van der Waals surface area contributed by atoms with Gasteiger partial charge in [0, 0.05) is 42.7 Å². The van der Waals surface area contributed by atoms with E-state index in [4.69, 9.17) is 9.47 Å². The summed E-state index contributed by atoms with van der Waals surface area (Å²) in [6.07, 6.45) is 10.3. The zero-order chi connectivity index (χ0) is 21.4. The van der Waals surface area contributed by atoms with E-state index in [2.05, 4.69) is 16.2 Å². The minimum atomic E-state index is -0.712. The van der Waals surface area contributed by atoms with E-state index in [-0.39, 0.29) is 24.3 Å². The van der Waals surface area contributed by atoms with Crippen LogP contribution in [0.15, 0.2) is 60.0 Å². The smallest absolute Gasteiger partial charge is 0.257 e. The fourth-order valence-corrected chi connectivity index (χ4v) is 4.94. The number of benzene rings is 1. The number of aliphatic imine (C=N–C) groups is 1. The van der Waals surface area contributed by atoms with Gasteiger partial charge < -0.3 is 14.4 Å². The normalized spacial score (nSPS) is 30.4. The lowest BCUT2D eigenvalue weighted by Crippen LogP contribution is -2.56. The quantitative estimate of drug-likeness (QED) is 0.669. The second-order valence-electron chi connectivity index (χ2n) is 8.55. The van der Waals surface area contributed by atoms with Crippen LogP contribution in [0.1, 0.15) is 45.1 Å². The molecule has 2 aliphatic heterocycles. The molecule has 3 aliphatic rings. The van der Waals surface area contributed by atoms with Gasteiger partial charge in [-0.25, -0.2) is 4.68 Å². The summed E-state index contributed by atoms with van der Waals surface area (Å²) < 4.78 is 14.3. The van der Waals surface area contributed by atoms with Gasteiger partial charge in [0.1, 0.15) is 6.23 Å². The summed E-state index contributed by atoms with van der Waals surface area (Å²) in [4.78, 5) is 19.7. The maximum atomic E-state index is 13.3. The highest BCUT2D eigenvalue weighted by Gasteiger charge is 2.63. The molecule has 1 aromatic heterocycles. The zero-order valence-electron chi connectivity index (χ0n) is 18.0. The van der Waals surface area contributed by atoms with Crippen molar-refractivity contribution in [1.82, 2.24) is 14.7 Å². The third kappa shape index (κ3) is 3.51. The van der Waals surface area contributed by atoms with Gasteiger partial charge in [0.15, 0.2) is 5.60 Å². The van der Waals surface area contributed by atoms with Gasteiger partial charge in [-0.05, 0) is 38.8 Å². The SMILES string of the molecule is C/C=C\N=C(C)C1CCC2OC3(CC(OCc4ccccc4-n4cccn4)C3)C(=O)N21. The van der Waals surface area contributed by atoms with Gasteiger partial charge in [-0.3, -0.25) is 9.79 Å². The lowest BCUT2D eigenvalue weighted by molar-refractivity contribution is -0.177. The molecule has 3 heterocycles. The van der Waals surface area contributed by atoms with Crippen molar-refractivity contribution in [3.8, 4) is 5.69 Å². The number of aromatic nitrogens is 2. The summed E-state index contributed by atoms with van der Waals surface area (Å²) >= 11 is 0. The number of para-hydroxylation sites is 1. The molecule has 2 atom stereocenters. The monoisotopic (exact) mass is 420 g/mol. The van der Waals surface area contributed by atoms with E-state index < -0.39 is 5.60 Å². The van der Waals surface area contributed by atoms with E-state index in [1.165, 1.54) is 0 Å². The first kappa shape index (κ1) is 20.2. The molecule has 2 unspecified atom stereocenters. The molecule has 1 spiro atoms. The predicted octanol–water partition coefficient (Wildman–Crippen LogP) is 3.63. The van der Waals surface area contributed by atoms with Crippen molar-refractivity contribution < 1.29 is 14.3 Å². The van der Waals surface area contributed by atoms with Crippen molar-refractivity contribution in [1.29, 1.82) is 0 Å². The van der Waals surface area contributed by atoms with Crippen LogP contribution in [0.4, 0.5) is 0 Å². The first-order chi connectivity index (χ1) is 15.1. The second-order valence-corrected chi connectivity index (χ2v) is 8.55. The highest BCUT2D eigenvalue weighted by Crippen LogP contribution is 2.49. The van der Waals surface area contributed by atoms with Crippen molar-refractivity contribution in [2.24, 2.45) is 4.99 Å². The Morgan fingerprint density at radius 3 is 2.94 bits per heavy atom. The van der Waals surface area contributed by atoms with Gasteiger partial charge in [0.2, 0.25) is 0 Å². The fourth-order valence-electron chi connectivity index (χ4n) is 4.94. The van der Waals surface area contributed by atoms with Crippen LogP contribution >= 0.6 is 0 Å². The number of allylic oxidation sites excluding steroid dienone is 1. The Morgan fingerprint density at radius 2 is 2.16 bits per heavy atom. The van der Waals surface area contributed by atoms with Crippen molar-refractivity contribution in [2.75, 3.05) is 0 Å². The Bertz CT molecular complexity index is 1010. The van der Waals surface area contributed by atoms with Crippen LogP contribution in [-0.2, 0) is 20.9 Å². The van der Waals surface area contributed by atoms with Crippen LogP contribution in [0.2, 0.25) is 0 Å². The third-order valence-corrected chi connectivity index (χ3v) is 6.56. The number of hydrogen-bond donors (Lipinski definition) is 0. The number of hydrogen-bond acceptors (Lipinski definition) is 5. The van der Waals surface area contributed by atoms with Crippen LogP contribution in [0.25, 0.3) is 5.69 Å². The maximum Gasteiger partial charge on any atom is 0.257 e. The molecule has 31 heavy (non-hydrogen) atoms. The number of ether oxygens (including phenoxy) is 2. The molecule has 1 aromatic carbocycles. The molecule has 2 saturated heterocycles. The minimum Gasteiger partial charge on any atom is -0.373 e. The Hall–Kier alpha value is -2.77. The van der Waals surface area contributed by atoms with Crippen LogP contribution < -0.4 is 0 Å². The Kier molecular flexibility index (Phi) is 5.24. The maximum absolute atomic E-state index is 13.3. The molecular weight excluding hydrogens is 392 g/mol. The highest BCUT2D eigenvalue weighted by atomic mass is 16.6. The van der Waals surface area contributed by atoms with Crippen LogP contribution in [-0.4, -0.2) is 50.3 Å². The molecule has 7 nitrogen and oxygen atoms in total. The molecule has 0 N–H and O–H groups in total. The minimum absolute atomic E-state index is 0.0193. The average Bonchev–Trinajstić information content (AvgIpc) is 3.48. The predicted molar refractivity (Wildman–Crippen MR) is 117 cm³/mol. The van der Waals surface area contributed by atoms with Crippen molar-refractivity contribution in [2.45, 2.75) is 70.1 Å². The molecule has 1 aliphatic carbocycles. The van der Waals surface area contributed by atoms with Crippen LogP contribution in [0.3, 0.4) is 0 Å². The summed E-state index contributed by atoms with van der Waals surface area (Å²) in [6.45, 7) is 4.42. The summed E-state index contributed by atoms with van der Waals surface area (Å²) in [5.41, 5.74) is 2.34. The standard InChI is InChI=1S/C24H28N4O3/c1-3-11-25-17(2)20-9-10-22-28(20)23(29)24(31-22)14-19(15-24)30-16-18-7-4-5-8-21(18)27-13-6-12-26-27/h3-8,11-13,19-20,22H,9-10,14-16H2,1-2H3/b11-3-,25-17?. The topological polar surface area (TPSA) is 69.0 Å². The highest BCUT2D eigenvalue weighted by molar-refractivity contribution is 5.96. The van der Waals surface area contributed by atoms with Gasteiger partial charge in [-0.2, -0.15) is 5.10 Å². The zero-order valence-corrected chi connectivity index (χ0v) is 18.0. The number of nitrogens with zero attached hydrogens (tertiary/aromatic N) is 4. The average molecular weight is 421 g/mol. The lowest BCUT2D eigenvalue weighted by Gasteiger charge is -2.42. The van der Waals surface area contributed by atoms with Crippen LogP contribution in [0, 0.1) is 0 Å². The fraction of sp³-hybridized carbons (Fsp3) is 0.458. The first-order valence-electron chi connectivity index (χ1n) is 11.0. The van der Waals surface area contributed by atoms with Crippen molar-refractivity contribution >= 4 is 11.6 Å². The van der Waals surface area contributed by atoms with Gasteiger partial charge in [-0.1, -0.05) is 24.3 Å². The first-order valence-corrected chi connectivity index (χ1v) is 11.0. The van der Waals surface area contributed by atoms with E-state index in [0.717, 1.165) is 29.8 Å². The van der Waals surface area contributed by atoms with Gasteiger partial charge in [0.25, 0.3) is 5.91 Å². The lowest BCUT2D eigenvalue weighted by atomic mass is 9.76. The number of amides is 1. The molecule has 5 rings (SSSR count). The van der Waals surface area contributed by atoms with E-state index in [1.54, 1.807) is 12.4 Å². The van der Waals surface area contributed by atoms with E-state index in [9.17, 15) is 4.79 Å². The van der Waals surface area contributed by atoms with Gasteiger partial charge >= 0.3 is 0 Å². The molecule has 3 fully saturated rings. The van der Waals surface area contributed by atoms with Crippen molar-refractivity contribution in [3.63, 3.8) is 0 Å². The van der Waals surface area contributed by atoms with Gasteiger partial charge in [0.05, 0.1) is 24.4 Å². The Labute approximate surface area is 182 Å². The van der Waals surface area contributed by atoms with E-state index in [1.807, 2.05) is 60.0 Å². The molecule has 0 radical (unpaired) electrons. The van der Waals surface area contributed by atoms with Gasteiger partial charge in [-0.15, -0.1) is 0 Å². The molecular formula is C24H28N4O3.